The second kappa shape index (κ2) is 3.92. The minimum absolute atomic E-state index is 0.0772. The summed E-state index contributed by atoms with van der Waals surface area (Å²) in [7, 11) is 0. The summed E-state index contributed by atoms with van der Waals surface area (Å²) in [6.07, 6.45) is 3.89. The van der Waals surface area contributed by atoms with Gasteiger partial charge in [-0.05, 0) is 37.3 Å². The van der Waals surface area contributed by atoms with Gasteiger partial charge in [-0.3, -0.25) is 0 Å². The van der Waals surface area contributed by atoms with E-state index in [9.17, 15) is 0 Å². The standard InChI is InChI=1S/C9H14N2S/c1-6-4-9(12-3)11-5-8(6)7(2)10/h4-5,7H,10H2,1-3H3/t7-/m1/s1. The first-order chi connectivity index (χ1) is 5.65. The minimum atomic E-state index is 0.0772. The van der Waals surface area contributed by atoms with E-state index in [1.807, 2.05) is 19.4 Å². The van der Waals surface area contributed by atoms with Crippen LogP contribution in [0.2, 0.25) is 0 Å². The Morgan fingerprint density at radius 3 is 2.67 bits per heavy atom. The Kier molecular flexibility index (Phi) is 3.12. The Morgan fingerprint density at radius 1 is 1.58 bits per heavy atom. The number of aryl methyl sites for hydroxylation is 1. The second-order valence-electron chi connectivity index (χ2n) is 2.87. The van der Waals surface area contributed by atoms with Gasteiger partial charge in [0.1, 0.15) is 0 Å². The molecule has 1 aromatic heterocycles. The molecule has 2 N–H and O–H groups in total. The largest absolute Gasteiger partial charge is 0.324 e. The number of nitrogens with zero attached hydrogens (tertiary/aromatic N) is 1. The van der Waals surface area contributed by atoms with Crippen molar-refractivity contribution in [2.75, 3.05) is 6.26 Å². The van der Waals surface area contributed by atoms with Crippen LogP contribution < -0.4 is 5.73 Å². The highest BCUT2D eigenvalue weighted by atomic mass is 32.2. The molecule has 0 aliphatic rings. The molecule has 0 saturated heterocycles. The Morgan fingerprint density at radius 2 is 2.25 bits per heavy atom. The van der Waals surface area contributed by atoms with Gasteiger partial charge in [-0.15, -0.1) is 11.8 Å². The lowest BCUT2D eigenvalue weighted by Gasteiger charge is -2.09. The van der Waals surface area contributed by atoms with Crippen LogP contribution in [-0.4, -0.2) is 11.2 Å². The number of thioether (sulfide) groups is 1. The molecule has 1 rings (SSSR count). The van der Waals surface area contributed by atoms with Crippen LogP contribution in [0.25, 0.3) is 0 Å². The molecule has 0 aliphatic heterocycles. The molecule has 1 aromatic rings. The van der Waals surface area contributed by atoms with E-state index in [1.165, 1.54) is 5.56 Å². The molecule has 0 spiro atoms. The van der Waals surface area contributed by atoms with E-state index < -0.39 is 0 Å². The third-order valence-electron chi connectivity index (χ3n) is 1.83. The molecular weight excluding hydrogens is 168 g/mol. The Hall–Kier alpha value is -0.540. The van der Waals surface area contributed by atoms with Gasteiger partial charge in [-0.2, -0.15) is 0 Å². The van der Waals surface area contributed by atoms with Crippen molar-refractivity contribution in [1.82, 2.24) is 4.98 Å². The monoisotopic (exact) mass is 182 g/mol. The Bertz CT molecular complexity index is 271. The lowest BCUT2D eigenvalue weighted by Crippen LogP contribution is -2.07. The third-order valence-corrected chi connectivity index (χ3v) is 2.47. The molecule has 0 amide bonds. The van der Waals surface area contributed by atoms with Gasteiger partial charge in [0.25, 0.3) is 0 Å². The SMILES string of the molecule is CSc1cc(C)c([C@@H](C)N)cn1. The Balaban J connectivity index is 3.03. The first-order valence-electron chi connectivity index (χ1n) is 3.91. The van der Waals surface area contributed by atoms with Gasteiger partial charge in [0.15, 0.2) is 0 Å². The van der Waals surface area contributed by atoms with Crippen LogP contribution in [0.4, 0.5) is 0 Å². The van der Waals surface area contributed by atoms with Crippen LogP contribution in [0, 0.1) is 6.92 Å². The number of hydrogen-bond donors (Lipinski definition) is 1. The van der Waals surface area contributed by atoms with Crippen LogP contribution in [0.15, 0.2) is 17.3 Å². The zero-order valence-corrected chi connectivity index (χ0v) is 8.48. The summed E-state index contributed by atoms with van der Waals surface area (Å²) in [6.45, 7) is 4.04. The number of rotatable bonds is 2. The maximum Gasteiger partial charge on any atom is 0.0959 e. The summed E-state index contributed by atoms with van der Waals surface area (Å²) in [5, 5.41) is 1.05. The normalized spacial score (nSPS) is 13.0. The van der Waals surface area contributed by atoms with Gasteiger partial charge >= 0.3 is 0 Å². The van der Waals surface area contributed by atoms with Crippen LogP contribution in [0.5, 0.6) is 0 Å². The lowest BCUT2D eigenvalue weighted by atomic mass is 10.1. The van der Waals surface area contributed by atoms with E-state index in [4.69, 9.17) is 5.73 Å². The zero-order valence-electron chi connectivity index (χ0n) is 7.66. The second-order valence-corrected chi connectivity index (χ2v) is 3.70. The van der Waals surface area contributed by atoms with Crippen molar-refractivity contribution >= 4 is 11.8 Å². The summed E-state index contributed by atoms with van der Waals surface area (Å²) in [6, 6.07) is 2.15. The average Bonchev–Trinajstić information content (AvgIpc) is 2.03. The smallest absolute Gasteiger partial charge is 0.0959 e. The molecule has 12 heavy (non-hydrogen) atoms. The maximum atomic E-state index is 5.76. The quantitative estimate of drug-likeness (QED) is 0.712. The molecule has 2 nitrogen and oxygen atoms in total. The van der Waals surface area contributed by atoms with Gasteiger partial charge in [-0.1, -0.05) is 0 Å². The van der Waals surface area contributed by atoms with Crippen molar-refractivity contribution in [1.29, 1.82) is 0 Å². The van der Waals surface area contributed by atoms with Crippen molar-refractivity contribution in [3.8, 4) is 0 Å². The summed E-state index contributed by atoms with van der Waals surface area (Å²) in [4.78, 5) is 4.26. The van der Waals surface area contributed by atoms with E-state index in [0.717, 1.165) is 10.6 Å². The number of hydrogen-bond acceptors (Lipinski definition) is 3. The van der Waals surface area contributed by atoms with Crippen molar-refractivity contribution in [2.45, 2.75) is 24.9 Å². The average molecular weight is 182 g/mol. The van der Waals surface area contributed by atoms with Gasteiger partial charge in [0.2, 0.25) is 0 Å². The maximum absolute atomic E-state index is 5.76. The van der Waals surface area contributed by atoms with Crippen molar-refractivity contribution in [3.63, 3.8) is 0 Å². The van der Waals surface area contributed by atoms with Gasteiger partial charge in [0.05, 0.1) is 5.03 Å². The molecule has 0 saturated carbocycles. The fourth-order valence-electron chi connectivity index (χ4n) is 1.13. The fraction of sp³-hybridized carbons (Fsp3) is 0.444. The summed E-state index contributed by atoms with van der Waals surface area (Å²) < 4.78 is 0. The van der Waals surface area contributed by atoms with Crippen molar-refractivity contribution in [2.24, 2.45) is 5.73 Å². The van der Waals surface area contributed by atoms with Crippen LogP contribution in [0.3, 0.4) is 0 Å². The summed E-state index contributed by atoms with van der Waals surface area (Å²) >= 11 is 1.65. The molecule has 0 unspecified atom stereocenters. The predicted molar refractivity (Wildman–Crippen MR) is 53.4 cm³/mol. The molecule has 0 bridgehead atoms. The fourth-order valence-corrected chi connectivity index (χ4v) is 1.58. The van der Waals surface area contributed by atoms with Gasteiger partial charge in [0, 0.05) is 12.2 Å². The molecular formula is C9H14N2S. The summed E-state index contributed by atoms with van der Waals surface area (Å²) in [5.41, 5.74) is 8.12. The molecule has 0 aliphatic carbocycles. The van der Waals surface area contributed by atoms with Crippen LogP contribution in [-0.2, 0) is 0 Å². The highest BCUT2D eigenvalue weighted by Crippen LogP contribution is 2.19. The lowest BCUT2D eigenvalue weighted by molar-refractivity contribution is 0.796. The topological polar surface area (TPSA) is 38.9 Å². The molecule has 3 heteroatoms. The highest BCUT2D eigenvalue weighted by molar-refractivity contribution is 7.98. The van der Waals surface area contributed by atoms with E-state index in [-0.39, 0.29) is 6.04 Å². The molecule has 0 aromatic carbocycles. The third kappa shape index (κ3) is 1.99. The Labute approximate surface area is 77.6 Å². The predicted octanol–water partition coefficient (Wildman–Crippen LogP) is 2.13. The minimum Gasteiger partial charge on any atom is -0.324 e. The zero-order chi connectivity index (χ0) is 9.14. The molecule has 0 radical (unpaired) electrons. The van der Waals surface area contributed by atoms with Crippen molar-refractivity contribution < 1.29 is 0 Å². The van der Waals surface area contributed by atoms with Crippen LogP contribution >= 0.6 is 11.8 Å². The first-order valence-corrected chi connectivity index (χ1v) is 5.13. The van der Waals surface area contributed by atoms with Gasteiger partial charge in [-0.25, -0.2) is 4.98 Å². The number of aromatic nitrogens is 1. The molecule has 0 fully saturated rings. The van der Waals surface area contributed by atoms with Crippen LogP contribution in [0.1, 0.15) is 24.1 Å². The van der Waals surface area contributed by atoms with E-state index in [1.54, 1.807) is 11.8 Å². The van der Waals surface area contributed by atoms with E-state index in [2.05, 4.69) is 18.0 Å². The highest BCUT2D eigenvalue weighted by Gasteiger charge is 2.04. The molecule has 66 valence electrons. The van der Waals surface area contributed by atoms with E-state index >= 15 is 0 Å². The van der Waals surface area contributed by atoms with Gasteiger partial charge < -0.3 is 5.73 Å². The number of pyridine rings is 1. The molecule has 1 heterocycles. The van der Waals surface area contributed by atoms with Crippen molar-refractivity contribution in [3.05, 3.63) is 23.4 Å². The molecule has 1 atom stereocenters. The van der Waals surface area contributed by atoms with E-state index in [0.29, 0.717) is 0 Å². The number of nitrogens with two attached hydrogens (primary N) is 1. The first kappa shape index (κ1) is 9.55. The summed E-state index contributed by atoms with van der Waals surface area (Å²) in [5.74, 6) is 0.